The fourth-order valence-electron chi connectivity index (χ4n) is 3.13. The second kappa shape index (κ2) is 5.85. The Bertz CT molecular complexity index is 1000. The van der Waals surface area contributed by atoms with E-state index in [0.29, 0.717) is 0 Å². The Morgan fingerprint density at radius 3 is 2.54 bits per heavy atom. The second-order valence-electron chi connectivity index (χ2n) is 5.88. The van der Waals surface area contributed by atoms with Crippen molar-refractivity contribution in [3.63, 3.8) is 0 Å². The van der Waals surface area contributed by atoms with Crippen molar-refractivity contribution >= 4 is 11.0 Å². The Morgan fingerprint density at radius 2 is 1.75 bits per heavy atom. The topological polar surface area (TPSA) is 48.9 Å². The number of nitrogens with zero attached hydrogens (tertiary/aromatic N) is 1. The number of fused-ring (bicyclic) bond motifs is 1. The maximum atomic E-state index is 9.47. The smallest absolute Gasteiger partial charge is 0.137 e. The molecule has 0 fully saturated rings. The highest BCUT2D eigenvalue weighted by Gasteiger charge is 2.11. The quantitative estimate of drug-likeness (QED) is 0.548. The number of hydrogen-bond donors (Lipinski definition) is 2. The highest BCUT2D eigenvalue weighted by atomic mass is 16.3. The number of aryl methyl sites for hydroxylation is 1. The van der Waals surface area contributed by atoms with Crippen LogP contribution in [0.5, 0.6) is 5.75 Å². The third-order valence-electron chi connectivity index (χ3n) is 4.42. The third kappa shape index (κ3) is 2.44. The standard InChI is InChI=1S/C21H18N2O/c1-2-14-5-3-4-6-18(14)20-13-23-21-19(20)11-16(12-22-21)15-7-9-17(24)10-8-15/h3-13,24H,2H2,1H3,(H,22,23). The maximum absolute atomic E-state index is 9.47. The molecule has 2 heterocycles. The van der Waals surface area contributed by atoms with Gasteiger partial charge in [0, 0.05) is 28.9 Å². The molecule has 2 aromatic heterocycles. The number of phenolic OH excluding ortho intramolecular Hbond substituents is 1. The van der Waals surface area contributed by atoms with Gasteiger partial charge >= 0.3 is 0 Å². The van der Waals surface area contributed by atoms with Crippen LogP contribution < -0.4 is 0 Å². The van der Waals surface area contributed by atoms with Crippen molar-refractivity contribution in [1.82, 2.24) is 9.97 Å². The van der Waals surface area contributed by atoms with Crippen LogP contribution in [0.4, 0.5) is 0 Å². The Hall–Kier alpha value is -3.07. The van der Waals surface area contributed by atoms with E-state index in [-0.39, 0.29) is 5.75 Å². The SMILES string of the molecule is CCc1ccccc1-c1c[nH]c2ncc(-c3ccc(O)cc3)cc12. The number of aromatic hydroxyl groups is 1. The monoisotopic (exact) mass is 314 g/mol. The van der Waals surface area contributed by atoms with E-state index in [0.717, 1.165) is 28.6 Å². The van der Waals surface area contributed by atoms with Gasteiger partial charge in [-0.05, 0) is 41.3 Å². The number of nitrogens with one attached hydrogen (secondary N) is 1. The molecule has 0 aliphatic rings. The molecule has 3 nitrogen and oxygen atoms in total. The first-order valence-corrected chi connectivity index (χ1v) is 8.11. The molecule has 0 saturated heterocycles. The number of pyridine rings is 1. The Kier molecular flexibility index (Phi) is 3.54. The van der Waals surface area contributed by atoms with E-state index in [2.05, 4.69) is 47.2 Å². The van der Waals surface area contributed by atoms with Crippen LogP contribution in [0.2, 0.25) is 0 Å². The minimum atomic E-state index is 0.270. The summed E-state index contributed by atoms with van der Waals surface area (Å²) in [7, 11) is 0. The average molecular weight is 314 g/mol. The van der Waals surface area contributed by atoms with Gasteiger partial charge < -0.3 is 10.1 Å². The predicted molar refractivity (Wildman–Crippen MR) is 98.0 cm³/mol. The summed E-state index contributed by atoms with van der Waals surface area (Å²) in [6, 6.07) is 17.9. The lowest BCUT2D eigenvalue weighted by molar-refractivity contribution is 0.475. The molecule has 4 aromatic rings. The van der Waals surface area contributed by atoms with Crippen molar-refractivity contribution in [2.24, 2.45) is 0 Å². The number of hydrogen-bond acceptors (Lipinski definition) is 2. The number of rotatable bonds is 3. The molecule has 0 atom stereocenters. The summed E-state index contributed by atoms with van der Waals surface area (Å²) in [5.74, 6) is 0.270. The predicted octanol–water partition coefficient (Wildman–Crippen LogP) is 5.16. The van der Waals surface area contributed by atoms with E-state index in [1.807, 2.05) is 24.5 Å². The minimum Gasteiger partial charge on any atom is -0.508 e. The number of H-pyrrole nitrogens is 1. The van der Waals surface area contributed by atoms with E-state index in [9.17, 15) is 5.11 Å². The Labute approximate surface area is 140 Å². The molecule has 2 aromatic carbocycles. The van der Waals surface area contributed by atoms with Gasteiger partial charge in [-0.25, -0.2) is 4.98 Å². The van der Waals surface area contributed by atoms with Crippen LogP contribution in [0, 0.1) is 0 Å². The van der Waals surface area contributed by atoms with Crippen molar-refractivity contribution in [2.75, 3.05) is 0 Å². The zero-order chi connectivity index (χ0) is 16.5. The molecule has 0 radical (unpaired) electrons. The summed E-state index contributed by atoms with van der Waals surface area (Å²) < 4.78 is 0. The molecule has 0 aliphatic heterocycles. The fraction of sp³-hybridized carbons (Fsp3) is 0.0952. The van der Waals surface area contributed by atoms with E-state index in [1.54, 1.807) is 12.1 Å². The molecule has 0 bridgehead atoms. The highest BCUT2D eigenvalue weighted by molar-refractivity contribution is 5.96. The molecule has 3 heteroatoms. The van der Waals surface area contributed by atoms with E-state index in [1.165, 1.54) is 16.7 Å². The lowest BCUT2D eigenvalue weighted by Gasteiger charge is -2.07. The molecular formula is C21H18N2O. The van der Waals surface area contributed by atoms with Gasteiger partial charge in [0.05, 0.1) is 0 Å². The lowest BCUT2D eigenvalue weighted by atomic mass is 9.97. The summed E-state index contributed by atoms with van der Waals surface area (Å²) in [5, 5.41) is 10.6. The van der Waals surface area contributed by atoms with Crippen LogP contribution in [0.15, 0.2) is 67.0 Å². The van der Waals surface area contributed by atoms with Crippen LogP contribution in [-0.4, -0.2) is 15.1 Å². The molecule has 0 spiro atoms. The summed E-state index contributed by atoms with van der Waals surface area (Å²) in [5.41, 5.74) is 6.72. The number of phenols is 1. The van der Waals surface area contributed by atoms with Gasteiger partial charge in [-0.2, -0.15) is 0 Å². The normalized spacial score (nSPS) is 11.0. The van der Waals surface area contributed by atoms with Crippen molar-refractivity contribution in [1.29, 1.82) is 0 Å². The third-order valence-corrected chi connectivity index (χ3v) is 4.42. The lowest BCUT2D eigenvalue weighted by Crippen LogP contribution is -1.87. The van der Waals surface area contributed by atoms with Crippen molar-refractivity contribution in [3.05, 3.63) is 72.6 Å². The van der Waals surface area contributed by atoms with Crippen LogP contribution in [0.1, 0.15) is 12.5 Å². The molecule has 0 unspecified atom stereocenters. The van der Waals surface area contributed by atoms with Crippen LogP contribution in [-0.2, 0) is 6.42 Å². The zero-order valence-electron chi connectivity index (χ0n) is 13.5. The van der Waals surface area contributed by atoms with Gasteiger partial charge in [-0.1, -0.05) is 43.3 Å². The minimum absolute atomic E-state index is 0.270. The summed E-state index contributed by atoms with van der Waals surface area (Å²) >= 11 is 0. The van der Waals surface area contributed by atoms with Gasteiger partial charge in [0.25, 0.3) is 0 Å². The molecule has 0 saturated carbocycles. The Balaban J connectivity index is 1.89. The summed E-state index contributed by atoms with van der Waals surface area (Å²) in [4.78, 5) is 7.84. The van der Waals surface area contributed by atoms with Crippen LogP contribution in [0.25, 0.3) is 33.3 Å². The zero-order valence-corrected chi connectivity index (χ0v) is 13.5. The Morgan fingerprint density at radius 1 is 0.958 bits per heavy atom. The molecule has 0 aliphatic carbocycles. The molecule has 24 heavy (non-hydrogen) atoms. The number of aromatic amines is 1. The first kappa shape index (κ1) is 14.5. The summed E-state index contributed by atoms with van der Waals surface area (Å²) in [6.45, 7) is 2.17. The van der Waals surface area contributed by atoms with E-state index in [4.69, 9.17) is 0 Å². The van der Waals surface area contributed by atoms with Crippen molar-refractivity contribution in [2.45, 2.75) is 13.3 Å². The van der Waals surface area contributed by atoms with Gasteiger partial charge in [0.15, 0.2) is 0 Å². The fourth-order valence-corrected chi connectivity index (χ4v) is 3.13. The van der Waals surface area contributed by atoms with E-state index < -0.39 is 0 Å². The second-order valence-corrected chi connectivity index (χ2v) is 5.88. The van der Waals surface area contributed by atoms with Gasteiger partial charge in [-0.15, -0.1) is 0 Å². The van der Waals surface area contributed by atoms with E-state index >= 15 is 0 Å². The largest absolute Gasteiger partial charge is 0.508 e. The van der Waals surface area contributed by atoms with Gasteiger partial charge in [-0.3, -0.25) is 0 Å². The summed E-state index contributed by atoms with van der Waals surface area (Å²) in [6.07, 6.45) is 4.89. The van der Waals surface area contributed by atoms with Gasteiger partial charge in [0.2, 0.25) is 0 Å². The molecule has 2 N–H and O–H groups in total. The first-order chi connectivity index (χ1) is 11.8. The molecule has 118 valence electrons. The van der Waals surface area contributed by atoms with Crippen LogP contribution in [0.3, 0.4) is 0 Å². The first-order valence-electron chi connectivity index (χ1n) is 8.11. The molecule has 4 rings (SSSR count). The van der Waals surface area contributed by atoms with Gasteiger partial charge in [0.1, 0.15) is 11.4 Å². The molecule has 0 amide bonds. The van der Waals surface area contributed by atoms with Crippen molar-refractivity contribution < 1.29 is 5.11 Å². The maximum Gasteiger partial charge on any atom is 0.137 e. The number of benzene rings is 2. The van der Waals surface area contributed by atoms with Crippen molar-refractivity contribution in [3.8, 4) is 28.0 Å². The molecular weight excluding hydrogens is 296 g/mol. The average Bonchev–Trinajstić information content (AvgIpc) is 3.05. The highest BCUT2D eigenvalue weighted by Crippen LogP contribution is 2.33. The number of aromatic nitrogens is 2. The van der Waals surface area contributed by atoms with Crippen LogP contribution >= 0.6 is 0 Å².